The van der Waals surface area contributed by atoms with E-state index in [9.17, 15) is 4.79 Å². The molecule has 5 N–H and O–H groups in total. The number of hydrogen-bond acceptors (Lipinski definition) is 3. The van der Waals surface area contributed by atoms with E-state index in [4.69, 9.17) is 11.5 Å². The molecule has 0 aliphatic rings. The Morgan fingerprint density at radius 1 is 1.12 bits per heavy atom. The van der Waals surface area contributed by atoms with Crippen molar-refractivity contribution in [1.29, 1.82) is 0 Å². The fraction of sp³-hybridized carbons (Fsp3) is 0.923. The highest BCUT2D eigenvalue weighted by atomic mass is 16.1. The minimum Gasteiger partial charge on any atom is -0.352 e. The van der Waals surface area contributed by atoms with Crippen LogP contribution in [0, 0.1) is 5.92 Å². The number of amides is 1. The second kappa shape index (κ2) is 10.5. The summed E-state index contributed by atoms with van der Waals surface area (Å²) in [6.45, 7) is 5.55. The second-order valence-corrected chi connectivity index (χ2v) is 5.08. The summed E-state index contributed by atoms with van der Waals surface area (Å²) in [6, 6.07) is 0.131. The van der Waals surface area contributed by atoms with Crippen molar-refractivity contribution in [3.8, 4) is 0 Å². The van der Waals surface area contributed by atoms with Crippen molar-refractivity contribution < 1.29 is 4.79 Å². The van der Waals surface area contributed by atoms with Crippen molar-refractivity contribution in [1.82, 2.24) is 5.32 Å². The Labute approximate surface area is 106 Å². The summed E-state index contributed by atoms with van der Waals surface area (Å²) in [5, 5.41) is 3.00. The molecule has 0 saturated carbocycles. The molecule has 0 radical (unpaired) electrons. The minimum atomic E-state index is 0.131. The number of hydrogen-bond donors (Lipinski definition) is 3. The molecule has 0 heterocycles. The molecule has 102 valence electrons. The van der Waals surface area contributed by atoms with Gasteiger partial charge in [0, 0.05) is 19.0 Å². The predicted molar refractivity (Wildman–Crippen MR) is 72.6 cm³/mol. The van der Waals surface area contributed by atoms with Gasteiger partial charge in [-0.25, -0.2) is 0 Å². The van der Waals surface area contributed by atoms with Gasteiger partial charge < -0.3 is 16.8 Å². The van der Waals surface area contributed by atoms with Crippen molar-refractivity contribution in [2.24, 2.45) is 17.4 Å². The van der Waals surface area contributed by atoms with Gasteiger partial charge in [0.05, 0.1) is 0 Å². The van der Waals surface area contributed by atoms with E-state index in [0.29, 0.717) is 18.9 Å². The van der Waals surface area contributed by atoms with E-state index < -0.39 is 0 Å². The van der Waals surface area contributed by atoms with Crippen LogP contribution in [0.2, 0.25) is 0 Å². The van der Waals surface area contributed by atoms with Crippen LogP contribution in [0.1, 0.15) is 52.4 Å². The zero-order valence-corrected chi connectivity index (χ0v) is 11.4. The lowest BCUT2D eigenvalue weighted by molar-refractivity contribution is -0.121. The fourth-order valence-electron chi connectivity index (χ4n) is 1.87. The van der Waals surface area contributed by atoms with Crippen LogP contribution in [0.25, 0.3) is 0 Å². The maximum atomic E-state index is 11.6. The number of nitrogens with two attached hydrogens (primary N) is 2. The Hall–Kier alpha value is -0.610. The first-order valence-corrected chi connectivity index (χ1v) is 6.79. The Bertz CT molecular complexity index is 195. The second-order valence-electron chi connectivity index (χ2n) is 5.08. The molecular formula is C13H29N3O. The van der Waals surface area contributed by atoms with Crippen molar-refractivity contribution >= 4 is 5.91 Å². The first-order valence-electron chi connectivity index (χ1n) is 6.79. The molecule has 0 spiro atoms. The Balaban J connectivity index is 3.61. The summed E-state index contributed by atoms with van der Waals surface area (Å²) in [6.07, 6.45) is 5.78. The molecule has 0 bridgehead atoms. The summed E-state index contributed by atoms with van der Waals surface area (Å²) >= 11 is 0. The maximum absolute atomic E-state index is 11.6. The highest BCUT2D eigenvalue weighted by Crippen LogP contribution is 2.05. The third-order valence-corrected chi connectivity index (χ3v) is 2.76. The third kappa shape index (κ3) is 10.3. The van der Waals surface area contributed by atoms with E-state index in [1.165, 1.54) is 0 Å². The SMILES string of the molecule is CC(C)CC(CN)NC(=O)CCCCCCN. The molecule has 4 heteroatoms. The molecule has 0 rings (SSSR count). The van der Waals surface area contributed by atoms with E-state index in [1.807, 2.05) is 0 Å². The van der Waals surface area contributed by atoms with E-state index in [1.54, 1.807) is 0 Å². The molecule has 0 fully saturated rings. The Morgan fingerprint density at radius 3 is 2.29 bits per heavy atom. The number of nitrogens with one attached hydrogen (secondary N) is 1. The topological polar surface area (TPSA) is 81.1 Å². The van der Waals surface area contributed by atoms with Crippen LogP contribution in [0.5, 0.6) is 0 Å². The molecule has 0 saturated heterocycles. The molecule has 17 heavy (non-hydrogen) atoms. The summed E-state index contributed by atoms with van der Waals surface area (Å²) in [7, 11) is 0. The molecule has 1 unspecified atom stereocenters. The van der Waals surface area contributed by atoms with Crippen LogP contribution < -0.4 is 16.8 Å². The van der Waals surface area contributed by atoms with E-state index in [0.717, 1.165) is 38.6 Å². The third-order valence-electron chi connectivity index (χ3n) is 2.76. The van der Waals surface area contributed by atoms with E-state index >= 15 is 0 Å². The predicted octanol–water partition coefficient (Wildman–Crippen LogP) is 1.39. The standard InChI is InChI=1S/C13H29N3O/c1-11(2)9-12(10-15)16-13(17)7-5-3-4-6-8-14/h11-12H,3-10,14-15H2,1-2H3,(H,16,17). The molecule has 0 aliphatic carbocycles. The average molecular weight is 243 g/mol. The van der Waals surface area contributed by atoms with Crippen molar-refractivity contribution in [2.45, 2.75) is 58.4 Å². The van der Waals surface area contributed by atoms with Gasteiger partial charge in [-0.05, 0) is 31.7 Å². The summed E-state index contributed by atoms with van der Waals surface area (Å²) in [5.41, 5.74) is 11.0. The molecule has 0 aromatic carbocycles. The van der Waals surface area contributed by atoms with Gasteiger partial charge in [-0.1, -0.05) is 26.7 Å². The number of carbonyl (C=O) groups excluding carboxylic acids is 1. The van der Waals surface area contributed by atoms with Gasteiger partial charge in [0.15, 0.2) is 0 Å². The first-order chi connectivity index (χ1) is 8.10. The van der Waals surface area contributed by atoms with Crippen molar-refractivity contribution in [3.05, 3.63) is 0 Å². The Kier molecular flexibility index (Phi) is 10.2. The summed E-state index contributed by atoms with van der Waals surface area (Å²) in [4.78, 5) is 11.6. The van der Waals surface area contributed by atoms with Crippen LogP contribution in [0.3, 0.4) is 0 Å². The molecule has 0 aromatic rings. The minimum absolute atomic E-state index is 0.131. The van der Waals surface area contributed by atoms with Gasteiger partial charge in [-0.2, -0.15) is 0 Å². The van der Waals surface area contributed by atoms with Crippen LogP contribution in [0.4, 0.5) is 0 Å². The zero-order chi connectivity index (χ0) is 13.1. The molecule has 4 nitrogen and oxygen atoms in total. The number of rotatable bonds is 10. The van der Waals surface area contributed by atoms with Gasteiger partial charge in [-0.15, -0.1) is 0 Å². The van der Waals surface area contributed by atoms with Gasteiger partial charge in [0.2, 0.25) is 5.91 Å². The highest BCUT2D eigenvalue weighted by Gasteiger charge is 2.11. The quantitative estimate of drug-likeness (QED) is 0.507. The van der Waals surface area contributed by atoms with Crippen LogP contribution in [-0.2, 0) is 4.79 Å². The van der Waals surface area contributed by atoms with Crippen LogP contribution in [0.15, 0.2) is 0 Å². The van der Waals surface area contributed by atoms with Gasteiger partial charge in [0.25, 0.3) is 0 Å². The summed E-state index contributed by atoms with van der Waals surface area (Å²) in [5.74, 6) is 0.697. The largest absolute Gasteiger partial charge is 0.352 e. The van der Waals surface area contributed by atoms with Crippen LogP contribution in [-0.4, -0.2) is 25.0 Å². The lowest BCUT2D eigenvalue weighted by Gasteiger charge is -2.18. The van der Waals surface area contributed by atoms with E-state index in [-0.39, 0.29) is 11.9 Å². The molecule has 1 amide bonds. The Morgan fingerprint density at radius 2 is 1.76 bits per heavy atom. The van der Waals surface area contributed by atoms with Crippen molar-refractivity contribution in [2.75, 3.05) is 13.1 Å². The molecular weight excluding hydrogens is 214 g/mol. The lowest BCUT2D eigenvalue weighted by atomic mass is 10.0. The fourth-order valence-corrected chi connectivity index (χ4v) is 1.87. The normalized spacial score (nSPS) is 12.8. The van der Waals surface area contributed by atoms with Gasteiger partial charge in [0.1, 0.15) is 0 Å². The number of unbranched alkanes of at least 4 members (excludes halogenated alkanes) is 3. The first kappa shape index (κ1) is 16.4. The monoisotopic (exact) mass is 243 g/mol. The smallest absolute Gasteiger partial charge is 0.220 e. The van der Waals surface area contributed by atoms with Crippen LogP contribution >= 0.6 is 0 Å². The van der Waals surface area contributed by atoms with Gasteiger partial charge >= 0.3 is 0 Å². The average Bonchev–Trinajstić information content (AvgIpc) is 2.27. The summed E-state index contributed by atoms with van der Waals surface area (Å²) < 4.78 is 0. The molecule has 1 atom stereocenters. The highest BCUT2D eigenvalue weighted by molar-refractivity contribution is 5.76. The molecule has 0 aliphatic heterocycles. The maximum Gasteiger partial charge on any atom is 0.220 e. The zero-order valence-electron chi connectivity index (χ0n) is 11.4. The lowest BCUT2D eigenvalue weighted by Crippen LogP contribution is -2.40. The number of carbonyl (C=O) groups is 1. The van der Waals surface area contributed by atoms with Gasteiger partial charge in [-0.3, -0.25) is 4.79 Å². The van der Waals surface area contributed by atoms with E-state index in [2.05, 4.69) is 19.2 Å². The molecule has 0 aromatic heterocycles. The van der Waals surface area contributed by atoms with Crippen molar-refractivity contribution in [3.63, 3.8) is 0 Å².